The number of furan rings is 1. The Labute approximate surface area is 120 Å². The fourth-order valence-electron chi connectivity index (χ4n) is 1.86. The van der Waals surface area contributed by atoms with Crippen LogP contribution in [0.25, 0.3) is 0 Å². The molecule has 0 spiro atoms. The van der Waals surface area contributed by atoms with E-state index in [9.17, 15) is 4.79 Å². The normalized spacial score (nSPS) is 13.1. The Balaban J connectivity index is 1.72. The number of ether oxygens (including phenoxy) is 3. The molecule has 0 radical (unpaired) electrons. The van der Waals surface area contributed by atoms with Crippen molar-refractivity contribution in [2.45, 2.75) is 6.61 Å². The third-order valence-electron chi connectivity index (χ3n) is 2.78. The molecule has 6 heteroatoms. The van der Waals surface area contributed by atoms with Gasteiger partial charge >= 0.3 is 5.97 Å². The lowest BCUT2D eigenvalue weighted by molar-refractivity contribution is 0.0471. The van der Waals surface area contributed by atoms with Crippen molar-refractivity contribution in [2.75, 3.05) is 13.2 Å². The van der Waals surface area contributed by atoms with Crippen LogP contribution in [0.4, 0.5) is 0 Å². The predicted octanol–water partition coefficient (Wildman–Crippen LogP) is 3.06. The molecule has 0 unspecified atom stereocenters. The number of esters is 1. The van der Waals surface area contributed by atoms with Gasteiger partial charge in [-0.15, -0.1) is 0 Å². The van der Waals surface area contributed by atoms with Crippen molar-refractivity contribution < 1.29 is 23.4 Å². The van der Waals surface area contributed by atoms with Crippen LogP contribution >= 0.6 is 11.6 Å². The molecule has 1 aliphatic heterocycles. The van der Waals surface area contributed by atoms with E-state index in [0.717, 1.165) is 5.56 Å². The first kappa shape index (κ1) is 12.9. The first-order chi connectivity index (χ1) is 9.74. The molecule has 0 amide bonds. The topological polar surface area (TPSA) is 57.9 Å². The van der Waals surface area contributed by atoms with Gasteiger partial charge in [0, 0.05) is 0 Å². The van der Waals surface area contributed by atoms with E-state index >= 15 is 0 Å². The summed E-state index contributed by atoms with van der Waals surface area (Å²) in [7, 11) is 0. The van der Waals surface area contributed by atoms with Crippen molar-refractivity contribution in [3.05, 3.63) is 46.9 Å². The van der Waals surface area contributed by atoms with E-state index < -0.39 is 5.97 Å². The second-order valence-corrected chi connectivity index (χ2v) is 4.60. The minimum Gasteiger partial charge on any atom is -0.486 e. The van der Waals surface area contributed by atoms with Gasteiger partial charge in [0.2, 0.25) is 0 Å². The van der Waals surface area contributed by atoms with Crippen LogP contribution in [0.2, 0.25) is 5.02 Å². The third kappa shape index (κ3) is 2.58. The Hall–Kier alpha value is -2.14. The maximum Gasteiger partial charge on any atom is 0.341 e. The highest BCUT2D eigenvalue weighted by atomic mass is 35.5. The summed E-state index contributed by atoms with van der Waals surface area (Å²) in [5.74, 6) is 0.644. The molecule has 0 saturated carbocycles. The van der Waals surface area contributed by atoms with Crippen LogP contribution in [-0.4, -0.2) is 19.2 Å². The van der Waals surface area contributed by atoms with E-state index in [1.807, 2.05) is 0 Å². The van der Waals surface area contributed by atoms with Crippen LogP contribution in [0.5, 0.6) is 11.5 Å². The molecule has 2 aromatic rings. The molecule has 0 aliphatic carbocycles. The molecule has 5 nitrogen and oxygen atoms in total. The zero-order chi connectivity index (χ0) is 13.9. The van der Waals surface area contributed by atoms with E-state index in [1.54, 1.807) is 18.2 Å². The standard InChI is InChI=1S/C14H11ClO5/c15-11-5-9(6-12-13(11)19-4-3-18-12)7-20-14(16)10-1-2-17-8-10/h1-2,5-6,8H,3-4,7H2. The molecular formula is C14H11ClO5. The Morgan fingerprint density at radius 1 is 1.30 bits per heavy atom. The summed E-state index contributed by atoms with van der Waals surface area (Å²) in [6, 6.07) is 4.99. The molecule has 0 N–H and O–H groups in total. The van der Waals surface area contributed by atoms with Crippen molar-refractivity contribution in [3.8, 4) is 11.5 Å². The summed E-state index contributed by atoms with van der Waals surface area (Å²) >= 11 is 6.10. The molecule has 3 rings (SSSR count). The maximum atomic E-state index is 11.7. The van der Waals surface area contributed by atoms with Gasteiger partial charge in [0.05, 0.1) is 16.8 Å². The zero-order valence-corrected chi connectivity index (χ0v) is 11.2. The monoisotopic (exact) mass is 294 g/mol. The number of carbonyl (C=O) groups is 1. The smallest absolute Gasteiger partial charge is 0.341 e. The number of benzene rings is 1. The Morgan fingerprint density at radius 3 is 2.95 bits per heavy atom. The van der Waals surface area contributed by atoms with Crippen molar-refractivity contribution in [3.63, 3.8) is 0 Å². The molecular weight excluding hydrogens is 284 g/mol. The molecule has 1 aliphatic rings. The molecule has 1 aromatic carbocycles. The van der Waals surface area contributed by atoms with Gasteiger partial charge in [-0.1, -0.05) is 11.6 Å². The largest absolute Gasteiger partial charge is 0.486 e. The van der Waals surface area contributed by atoms with Crippen LogP contribution in [0.3, 0.4) is 0 Å². The van der Waals surface area contributed by atoms with Gasteiger partial charge in [0.15, 0.2) is 11.5 Å². The maximum absolute atomic E-state index is 11.7. The summed E-state index contributed by atoms with van der Waals surface area (Å²) in [6.45, 7) is 1.05. The lowest BCUT2D eigenvalue weighted by atomic mass is 10.2. The SMILES string of the molecule is O=C(OCc1cc(Cl)c2c(c1)OCCO2)c1ccoc1. The number of carbonyl (C=O) groups excluding carboxylic acids is 1. The minimum atomic E-state index is -0.454. The summed E-state index contributed by atoms with van der Waals surface area (Å²) < 4.78 is 20.9. The van der Waals surface area contributed by atoms with Crippen molar-refractivity contribution in [1.29, 1.82) is 0 Å². The summed E-state index contributed by atoms with van der Waals surface area (Å²) in [6.07, 6.45) is 2.75. The number of fused-ring (bicyclic) bond motifs is 1. The number of hydrogen-bond donors (Lipinski definition) is 0. The van der Waals surface area contributed by atoms with Crippen molar-refractivity contribution >= 4 is 17.6 Å². The van der Waals surface area contributed by atoms with Gasteiger partial charge in [-0.2, -0.15) is 0 Å². The van der Waals surface area contributed by atoms with Crippen LogP contribution < -0.4 is 9.47 Å². The Bertz CT molecular complexity index is 621. The molecule has 0 bridgehead atoms. The van der Waals surface area contributed by atoms with Gasteiger partial charge in [-0.05, 0) is 23.8 Å². The van der Waals surface area contributed by atoms with Gasteiger partial charge in [0.1, 0.15) is 26.1 Å². The molecule has 1 aromatic heterocycles. The number of rotatable bonds is 3. The second-order valence-electron chi connectivity index (χ2n) is 4.19. The van der Waals surface area contributed by atoms with Crippen LogP contribution in [0, 0.1) is 0 Å². The highest BCUT2D eigenvalue weighted by Crippen LogP contribution is 2.38. The fraction of sp³-hybridized carbons (Fsp3) is 0.214. The van der Waals surface area contributed by atoms with Crippen LogP contribution in [-0.2, 0) is 11.3 Å². The van der Waals surface area contributed by atoms with Crippen LogP contribution in [0.15, 0.2) is 35.1 Å². The number of hydrogen-bond acceptors (Lipinski definition) is 5. The fourth-order valence-corrected chi connectivity index (χ4v) is 2.15. The summed E-state index contributed by atoms with van der Waals surface area (Å²) in [4.78, 5) is 11.7. The van der Waals surface area contributed by atoms with E-state index in [2.05, 4.69) is 0 Å². The highest BCUT2D eigenvalue weighted by Gasteiger charge is 2.17. The average Bonchev–Trinajstić information content (AvgIpc) is 2.99. The molecule has 0 saturated heterocycles. The first-order valence-corrected chi connectivity index (χ1v) is 6.39. The number of halogens is 1. The van der Waals surface area contributed by atoms with Crippen LogP contribution in [0.1, 0.15) is 15.9 Å². The van der Waals surface area contributed by atoms with Gasteiger partial charge in [-0.3, -0.25) is 0 Å². The summed E-state index contributed by atoms with van der Waals surface area (Å²) in [5.41, 5.74) is 1.10. The van der Waals surface area contributed by atoms with E-state index in [0.29, 0.717) is 35.3 Å². The molecule has 0 atom stereocenters. The molecule has 20 heavy (non-hydrogen) atoms. The first-order valence-electron chi connectivity index (χ1n) is 6.01. The molecule has 104 valence electrons. The molecule has 0 fully saturated rings. The molecule has 2 heterocycles. The Morgan fingerprint density at radius 2 is 2.15 bits per heavy atom. The quantitative estimate of drug-likeness (QED) is 0.814. The van der Waals surface area contributed by atoms with Gasteiger partial charge < -0.3 is 18.6 Å². The van der Waals surface area contributed by atoms with Crippen molar-refractivity contribution in [1.82, 2.24) is 0 Å². The van der Waals surface area contributed by atoms with E-state index in [1.165, 1.54) is 12.5 Å². The van der Waals surface area contributed by atoms with E-state index in [4.69, 9.17) is 30.2 Å². The second kappa shape index (κ2) is 5.46. The summed E-state index contributed by atoms with van der Waals surface area (Å²) in [5, 5.41) is 0.441. The van der Waals surface area contributed by atoms with E-state index in [-0.39, 0.29) is 6.61 Å². The Kier molecular flexibility index (Phi) is 3.52. The predicted molar refractivity (Wildman–Crippen MR) is 70.3 cm³/mol. The average molecular weight is 295 g/mol. The zero-order valence-electron chi connectivity index (χ0n) is 10.4. The van der Waals surface area contributed by atoms with Gasteiger partial charge in [0.25, 0.3) is 0 Å². The lowest BCUT2D eigenvalue weighted by Gasteiger charge is -2.20. The van der Waals surface area contributed by atoms with Gasteiger partial charge in [-0.25, -0.2) is 4.79 Å². The highest BCUT2D eigenvalue weighted by molar-refractivity contribution is 6.32. The minimum absolute atomic E-state index is 0.0976. The van der Waals surface area contributed by atoms with Crippen molar-refractivity contribution in [2.24, 2.45) is 0 Å². The third-order valence-corrected chi connectivity index (χ3v) is 3.06. The lowest BCUT2D eigenvalue weighted by Crippen LogP contribution is -2.16.